The lowest BCUT2D eigenvalue weighted by Gasteiger charge is -2.05. The summed E-state index contributed by atoms with van der Waals surface area (Å²) in [5, 5.41) is 3.02. The largest absolute Gasteiger partial charge is 0.463 e. The molecular weight excluding hydrogens is 220 g/mol. The van der Waals surface area contributed by atoms with Crippen molar-refractivity contribution < 1.29 is 13.9 Å². The van der Waals surface area contributed by atoms with Gasteiger partial charge < -0.3 is 14.5 Å². The number of nitrogens with zero attached hydrogens (tertiary/aromatic N) is 1. The summed E-state index contributed by atoms with van der Waals surface area (Å²) in [6, 6.07) is 0. The predicted octanol–water partition coefficient (Wildman–Crippen LogP) is 1.45. The zero-order chi connectivity index (χ0) is 12.7. The number of hydrogen-bond acceptors (Lipinski definition) is 5. The number of aromatic nitrogens is 1. The van der Waals surface area contributed by atoms with Crippen LogP contribution in [0, 0.1) is 0 Å². The third-order valence-corrected chi connectivity index (χ3v) is 2.13. The molecule has 0 aliphatic carbocycles. The lowest BCUT2D eigenvalue weighted by atomic mass is 10.3. The lowest BCUT2D eigenvalue weighted by Crippen LogP contribution is -2.21. The van der Waals surface area contributed by atoms with E-state index in [2.05, 4.69) is 16.9 Å². The van der Waals surface area contributed by atoms with Gasteiger partial charge in [0.1, 0.15) is 5.76 Å². The Bertz CT molecular complexity index is 385. The highest BCUT2D eigenvalue weighted by molar-refractivity contribution is 5.88. The number of carbonyl (C=O) groups is 1. The molecule has 0 aliphatic rings. The van der Waals surface area contributed by atoms with Crippen molar-refractivity contribution in [3.05, 3.63) is 30.0 Å². The van der Waals surface area contributed by atoms with Crippen LogP contribution in [0.15, 0.2) is 22.8 Å². The number of oxazole rings is 1. The van der Waals surface area contributed by atoms with Crippen LogP contribution in [0.3, 0.4) is 0 Å². The Balaban J connectivity index is 2.27. The van der Waals surface area contributed by atoms with E-state index in [0.717, 1.165) is 12.2 Å². The molecule has 0 bridgehead atoms. The number of rotatable bonds is 7. The van der Waals surface area contributed by atoms with Crippen molar-refractivity contribution >= 4 is 5.97 Å². The van der Waals surface area contributed by atoms with E-state index < -0.39 is 0 Å². The smallest absolute Gasteiger partial charge is 0.334 e. The molecule has 0 saturated carbocycles. The van der Waals surface area contributed by atoms with Crippen LogP contribution in [0.1, 0.15) is 25.5 Å². The summed E-state index contributed by atoms with van der Waals surface area (Å²) in [5.41, 5.74) is 0.397. The second-order valence-electron chi connectivity index (χ2n) is 3.50. The third kappa shape index (κ3) is 4.40. The summed E-state index contributed by atoms with van der Waals surface area (Å²) in [6.07, 6.45) is 2.53. The first kappa shape index (κ1) is 13.4. The fraction of sp³-hybridized carbons (Fsp3) is 0.500. The van der Waals surface area contributed by atoms with E-state index >= 15 is 0 Å². The first-order chi connectivity index (χ1) is 8.17. The lowest BCUT2D eigenvalue weighted by molar-refractivity contribution is -0.138. The molecule has 0 aromatic carbocycles. The van der Waals surface area contributed by atoms with Crippen molar-refractivity contribution in [2.24, 2.45) is 0 Å². The standard InChI is InChI=1S/C12H18N2O3/c1-4-10-7-14-11(17-10)8-13-6-9(3)12(15)16-5-2/h7,13H,3-6,8H2,1-2H3. The Labute approximate surface area is 101 Å². The summed E-state index contributed by atoms with van der Waals surface area (Å²) < 4.78 is 10.2. The molecule has 0 atom stereocenters. The van der Waals surface area contributed by atoms with Crippen molar-refractivity contribution in [3.63, 3.8) is 0 Å². The van der Waals surface area contributed by atoms with Crippen LogP contribution in [0.5, 0.6) is 0 Å². The van der Waals surface area contributed by atoms with E-state index in [4.69, 9.17) is 9.15 Å². The molecule has 0 fully saturated rings. The van der Waals surface area contributed by atoms with Gasteiger partial charge in [-0.05, 0) is 6.92 Å². The average molecular weight is 238 g/mol. The van der Waals surface area contributed by atoms with Crippen molar-refractivity contribution in [1.29, 1.82) is 0 Å². The number of ether oxygens (including phenoxy) is 1. The van der Waals surface area contributed by atoms with Gasteiger partial charge in [0.25, 0.3) is 0 Å². The van der Waals surface area contributed by atoms with Gasteiger partial charge in [0.2, 0.25) is 5.89 Å². The Morgan fingerprint density at radius 2 is 2.35 bits per heavy atom. The maximum atomic E-state index is 11.2. The minimum absolute atomic E-state index is 0.359. The summed E-state index contributed by atoms with van der Waals surface area (Å²) in [7, 11) is 0. The molecule has 0 amide bonds. The molecule has 0 radical (unpaired) electrons. The summed E-state index contributed by atoms with van der Waals surface area (Å²) in [6.45, 7) is 8.59. The minimum atomic E-state index is -0.373. The van der Waals surface area contributed by atoms with Crippen molar-refractivity contribution in [1.82, 2.24) is 10.3 Å². The van der Waals surface area contributed by atoms with Gasteiger partial charge in [0.15, 0.2) is 0 Å². The summed E-state index contributed by atoms with van der Waals surface area (Å²) in [4.78, 5) is 15.3. The van der Waals surface area contributed by atoms with E-state index in [0.29, 0.717) is 31.2 Å². The molecule has 1 aromatic rings. The second-order valence-corrected chi connectivity index (χ2v) is 3.50. The van der Waals surface area contributed by atoms with Gasteiger partial charge in [0, 0.05) is 18.5 Å². The first-order valence-electron chi connectivity index (χ1n) is 5.66. The van der Waals surface area contributed by atoms with Gasteiger partial charge in [-0.15, -0.1) is 0 Å². The highest BCUT2D eigenvalue weighted by atomic mass is 16.5. The van der Waals surface area contributed by atoms with Crippen LogP contribution in [-0.2, 0) is 22.5 Å². The fourth-order valence-electron chi connectivity index (χ4n) is 1.22. The molecule has 94 valence electrons. The van der Waals surface area contributed by atoms with Crippen LogP contribution in [-0.4, -0.2) is 24.1 Å². The van der Waals surface area contributed by atoms with E-state index in [9.17, 15) is 4.79 Å². The Morgan fingerprint density at radius 1 is 1.59 bits per heavy atom. The van der Waals surface area contributed by atoms with Crippen molar-refractivity contribution in [3.8, 4) is 0 Å². The van der Waals surface area contributed by atoms with Crippen LogP contribution in [0.2, 0.25) is 0 Å². The zero-order valence-electron chi connectivity index (χ0n) is 10.3. The molecule has 1 rings (SSSR count). The topological polar surface area (TPSA) is 64.4 Å². The van der Waals surface area contributed by atoms with Gasteiger partial charge in [-0.25, -0.2) is 9.78 Å². The first-order valence-corrected chi connectivity index (χ1v) is 5.66. The fourth-order valence-corrected chi connectivity index (χ4v) is 1.22. The molecule has 1 heterocycles. The van der Waals surface area contributed by atoms with E-state index in [1.807, 2.05) is 6.92 Å². The van der Waals surface area contributed by atoms with Gasteiger partial charge in [-0.1, -0.05) is 13.5 Å². The molecular formula is C12H18N2O3. The van der Waals surface area contributed by atoms with Crippen molar-refractivity contribution in [2.75, 3.05) is 13.2 Å². The molecule has 0 saturated heterocycles. The van der Waals surface area contributed by atoms with Crippen LogP contribution >= 0.6 is 0 Å². The second kappa shape index (κ2) is 6.85. The normalized spacial score (nSPS) is 10.2. The monoisotopic (exact) mass is 238 g/mol. The molecule has 17 heavy (non-hydrogen) atoms. The van der Waals surface area contributed by atoms with Gasteiger partial charge in [0.05, 0.1) is 19.3 Å². The van der Waals surface area contributed by atoms with Crippen LogP contribution in [0.4, 0.5) is 0 Å². The van der Waals surface area contributed by atoms with Crippen molar-refractivity contribution in [2.45, 2.75) is 26.8 Å². The number of aryl methyl sites for hydroxylation is 1. The molecule has 0 aliphatic heterocycles. The maximum absolute atomic E-state index is 11.2. The van der Waals surface area contributed by atoms with Crippen LogP contribution in [0.25, 0.3) is 0 Å². The molecule has 5 heteroatoms. The molecule has 5 nitrogen and oxygen atoms in total. The average Bonchev–Trinajstić information content (AvgIpc) is 2.77. The highest BCUT2D eigenvalue weighted by Crippen LogP contribution is 2.03. The minimum Gasteiger partial charge on any atom is -0.463 e. The number of nitrogens with one attached hydrogen (secondary N) is 1. The SMILES string of the molecule is C=C(CNCc1ncc(CC)o1)C(=O)OCC. The Morgan fingerprint density at radius 3 is 2.94 bits per heavy atom. The van der Waals surface area contributed by atoms with Crippen LogP contribution < -0.4 is 5.32 Å². The molecule has 1 aromatic heterocycles. The highest BCUT2D eigenvalue weighted by Gasteiger charge is 2.08. The van der Waals surface area contributed by atoms with E-state index in [-0.39, 0.29) is 5.97 Å². The van der Waals surface area contributed by atoms with E-state index in [1.165, 1.54) is 0 Å². The zero-order valence-corrected chi connectivity index (χ0v) is 10.3. The number of carbonyl (C=O) groups excluding carboxylic acids is 1. The molecule has 0 spiro atoms. The Hall–Kier alpha value is -1.62. The predicted molar refractivity (Wildman–Crippen MR) is 63.4 cm³/mol. The molecule has 0 unspecified atom stereocenters. The molecule has 1 N–H and O–H groups in total. The van der Waals surface area contributed by atoms with Gasteiger partial charge in [-0.2, -0.15) is 0 Å². The quantitative estimate of drug-likeness (QED) is 0.575. The maximum Gasteiger partial charge on any atom is 0.334 e. The number of hydrogen-bond donors (Lipinski definition) is 1. The van der Waals surface area contributed by atoms with Gasteiger partial charge >= 0.3 is 5.97 Å². The third-order valence-electron chi connectivity index (χ3n) is 2.13. The number of esters is 1. The van der Waals surface area contributed by atoms with E-state index in [1.54, 1.807) is 13.1 Å². The van der Waals surface area contributed by atoms with Gasteiger partial charge in [-0.3, -0.25) is 0 Å². The summed E-state index contributed by atoms with van der Waals surface area (Å²) >= 11 is 0. The summed E-state index contributed by atoms with van der Waals surface area (Å²) in [5.74, 6) is 1.09. The Kier molecular flexibility index (Phi) is 5.42.